The quantitative estimate of drug-likeness (QED) is 0.540. The summed E-state index contributed by atoms with van der Waals surface area (Å²) in [5, 5.41) is 18.0. The lowest BCUT2D eigenvalue weighted by atomic mass is 10.2. The second-order valence-electron chi connectivity index (χ2n) is 3.36. The van der Waals surface area contributed by atoms with Crippen LogP contribution in [0.15, 0.2) is 39.5 Å². The molecule has 6 nitrogen and oxygen atoms in total. The number of hydrogen-bond donors (Lipinski definition) is 0. The summed E-state index contributed by atoms with van der Waals surface area (Å²) in [7, 11) is 0. The van der Waals surface area contributed by atoms with Crippen molar-refractivity contribution >= 4 is 22.6 Å². The zero-order valence-corrected chi connectivity index (χ0v) is 9.55. The van der Waals surface area contributed by atoms with Crippen molar-refractivity contribution in [3.63, 3.8) is 0 Å². The Morgan fingerprint density at radius 3 is 2.35 bits per heavy atom. The molecule has 2 rings (SSSR count). The van der Waals surface area contributed by atoms with Gasteiger partial charge in [0.1, 0.15) is 11.6 Å². The first-order valence-corrected chi connectivity index (χ1v) is 4.91. The van der Waals surface area contributed by atoms with E-state index in [1.54, 1.807) is 24.3 Å². The van der Waals surface area contributed by atoms with Gasteiger partial charge in [0.25, 0.3) is 0 Å². The maximum absolute atomic E-state index is 10.8. The third-order valence-corrected chi connectivity index (χ3v) is 1.95. The molecule has 104 valence electrons. The number of hydrogen-bond acceptors (Lipinski definition) is 5. The van der Waals surface area contributed by atoms with Crippen LogP contribution in [-0.4, -0.2) is 12.1 Å². The number of halogens is 3. The molecule has 0 aliphatic heterocycles. The topological polar surface area (TPSA) is 98.5 Å². The number of diazo groups is 1. The molecular formula is C11H5F3N2O4. The van der Waals surface area contributed by atoms with Crippen LogP contribution in [0, 0.1) is 5.39 Å². The average Bonchev–Trinajstić information content (AvgIpc) is 2.37. The minimum absolute atomic E-state index is 0.388. The Hall–Kier alpha value is -2.89. The van der Waals surface area contributed by atoms with E-state index < -0.39 is 12.1 Å². The lowest BCUT2D eigenvalue weighted by Gasteiger charge is -2.03. The van der Waals surface area contributed by atoms with E-state index in [1.165, 1.54) is 6.07 Å². The van der Waals surface area contributed by atoms with Gasteiger partial charge in [-0.05, 0) is 12.1 Å². The highest BCUT2D eigenvalue weighted by Crippen LogP contribution is 2.19. The summed E-state index contributed by atoms with van der Waals surface area (Å²) in [5.41, 5.74) is 0.530. The Labute approximate surface area is 108 Å². The van der Waals surface area contributed by atoms with E-state index in [4.69, 9.17) is 19.7 Å². The van der Waals surface area contributed by atoms with Crippen LogP contribution < -0.4 is 10.7 Å². The first-order chi connectivity index (χ1) is 9.24. The van der Waals surface area contributed by atoms with Crippen molar-refractivity contribution in [2.24, 2.45) is 0 Å². The second kappa shape index (κ2) is 5.83. The number of fused-ring (bicyclic) bond motifs is 1. The van der Waals surface area contributed by atoms with Crippen molar-refractivity contribution in [1.82, 2.24) is 0 Å². The highest BCUT2D eigenvalue weighted by molar-refractivity contribution is 5.80. The van der Waals surface area contributed by atoms with Gasteiger partial charge >= 0.3 is 17.5 Å². The molecule has 0 amide bonds. The van der Waals surface area contributed by atoms with Crippen molar-refractivity contribution in [3.8, 4) is 0 Å². The van der Waals surface area contributed by atoms with Gasteiger partial charge in [0.2, 0.25) is 5.39 Å². The number of benzene rings is 1. The summed E-state index contributed by atoms with van der Waals surface area (Å²) >= 11 is 0. The third-order valence-electron chi connectivity index (χ3n) is 1.95. The first-order valence-electron chi connectivity index (χ1n) is 4.91. The minimum Gasteiger partial charge on any atom is -0.542 e. The van der Waals surface area contributed by atoms with E-state index in [0.29, 0.717) is 11.3 Å². The molecule has 1 aromatic heterocycles. The number of carboxylic acids is 1. The SMILES string of the molecule is N#[N+]c1ccc2oc(=O)ccc2c1.O=C([O-])C(F)(F)F. The minimum atomic E-state index is -5.19. The molecule has 0 radical (unpaired) electrons. The van der Waals surface area contributed by atoms with E-state index >= 15 is 0 Å². The van der Waals surface area contributed by atoms with Crippen LogP contribution in [0.1, 0.15) is 0 Å². The molecule has 0 saturated heterocycles. The maximum atomic E-state index is 10.8. The average molecular weight is 286 g/mol. The Kier molecular flexibility index (Phi) is 4.42. The predicted octanol–water partition coefficient (Wildman–Crippen LogP) is 1.58. The van der Waals surface area contributed by atoms with E-state index in [-0.39, 0.29) is 5.63 Å². The van der Waals surface area contributed by atoms with Crippen molar-refractivity contribution in [1.29, 1.82) is 5.39 Å². The van der Waals surface area contributed by atoms with Crippen molar-refractivity contribution in [3.05, 3.63) is 45.7 Å². The number of carboxylic acid groups (broad SMARTS) is 1. The molecule has 0 atom stereocenters. The number of aliphatic carboxylic acids is 1. The van der Waals surface area contributed by atoms with Crippen LogP contribution in [0.4, 0.5) is 18.9 Å². The molecule has 0 fully saturated rings. The Morgan fingerprint density at radius 2 is 1.85 bits per heavy atom. The monoisotopic (exact) mass is 286 g/mol. The second-order valence-corrected chi connectivity index (χ2v) is 3.36. The van der Waals surface area contributed by atoms with Crippen LogP contribution in [0.2, 0.25) is 0 Å². The molecule has 0 aliphatic carbocycles. The smallest absolute Gasteiger partial charge is 0.430 e. The molecule has 1 heterocycles. The van der Waals surface area contributed by atoms with Gasteiger partial charge in [0.15, 0.2) is 4.98 Å². The summed E-state index contributed by atoms with van der Waals surface area (Å²) in [5.74, 6) is -3.01. The van der Waals surface area contributed by atoms with Crippen LogP contribution in [0.3, 0.4) is 0 Å². The number of alkyl halides is 3. The van der Waals surface area contributed by atoms with Gasteiger partial charge in [-0.3, -0.25) is 0 Å². The van der Waals surface area contributed by atoms with Gasteiger partial charge in [0, 0.05) is 23.6 Å². The fraction of sp³-hybridized carbons (Fsp3) is 0.0909. The fourth-order valence-corrected chi connectivity index (χ4v) is 1.12. The summed E-state index contributed by atoms with van der Waals surface area (Å²) < 4.78 is 36.4. The standard InChI is InChI=1S/C9H5N2O2.C2HF3O2/c10-11-7-2-3-8-6(5-7)1-4-9(12)13-8;3-2(4,5)1(6)7/h1-5H;(H,6,7)/q+1;/p-1. The zero-order valence-electron chi connectivity index (χ0n) is 9.55. The van der Waals surface area contributed by atoms with E-state index in [1.807, 2.05) is 0 Å². The summed E-state index contributed by atoms with van der Waals surface area (Å²) in [6.07, 6.45) is -5.19. The Balaban J connectivity index is 0.000000246. The molecule has 0 saturated carbocycles. The normalized spacial score (nSPS) is 10.3. The summed E-state index contributed by atoms with van der Waals surface area (Å²) in [4.78, 5) is 22.6. The lowest BCUT2D eigenvalue weighted by Crippen LogP contribution is -2.37. The van der Waals surface area contributed by atoms with Crippen molar-refractivity contribution < 1.29 is 27.5 Å². The molecule has 0 bridgehead atoms. The third kappa shape index (κ3) is 4.09. The van der Waals surface area contributed by atoms with E-state index in [2.05, 4.69) is 4.98 Å². The van der Waals surface area contributed by atoms with Gasteiger partial charge in [0.05, 0.1) is 0 Å². The molecule has 9 heteroatoms. The molecule has 2 aromatic rings. The van der Waals surface area contributed by atoms with Crippen LogP contribution in [-0.2, 0) is 4.79 Å². The van der Waals surface area contributed by atoms with Crippen LogP contribution in [0.25, 0.3) is 15.9 Å². The Bertz CT molecular complexity index is 731. The lowest BCUT2D eigenvalue weighted by molar-refractivity contribution is -0.344. The fourth-order valence-electron chi connectivity index (χ4n) is 1.12. The summed E-state index contributed by atoms with van der Waals surface area (Å²) in [6.45, 7) is 0. The molecule has 0 aliphatic rings. The van der Waals surface area contributed by atoms with Crippen molar-refractivity contribution in [2.75, 3.05) is 0 Å². The van der Waals surface area contributed by atoms with Gasteiger partial charge in [-0.2, -0.15) is 13.2 Å². The van der Waals surface area contributed by atoms with E-state index in [9.17, 15) is 18.0 Å². The number of nitrogens with zero attached hydrogens (tertiary/aromatic N) is 2. The molecule has 0 unspecified atom stereocenters. The highest BCUT2D eigenvalue weighted by Gasteiger charge is 2.28. The van der Waals surface area contributed by atoms with Gasteiger partial charge in [-0.25, -0.2) is 4.79 Å². The van der Waals surface area contributed by atoms with Crippen LogP contribution >= 0.6 is 0 Å². The first kappa shape index (κ1) is 15.2. The molecular weight excluding hydrogens is 281 g/mol. The van der Waals surface area contributed by atoms with E-state index in [0.717, 1.165) is 5.39 Å². The summed E-state index contributed by atoms with van der Waals surface area (Å²) in [6, 6.07) is 7.72. The molecule has 0 N–H and O–H groups in total. The van der Waals surface area contributed by atoms with Gasteiger partial charge in [-0.15, -0.1) is 0 Å². The van der Waals surface area contributed by atoms with Crippen molar-refractivity contribution in [2.45, 2.75) is 6.18 Å². The molecule has 20 heavy (non-hydrogen) atoms. The maximum Gasteiger partial charge on any atom is 0.430 e. The highest BCUT2D eigenvalue weighted by atomic mass is 19.4. The number of carbonyl (C=O) groups excluding carboxylic acids is 1. The van der Waals surface area contributed by atoms with Gasteiger partial charge in [-0.1, -0.05) is 0 Å². The zero-order chi connectivity index (χ0) is 15.3. The molecule has 1 aromatic carbocycles. The Morgan fingerprint density at radius 1 is 1.25 bits per heavy atom. The number of carbonyl (C=O) groups is 1. The number of rotatable bonds is 0. The van der Waals surface area contributed by atoms with Crippen LogP contribution in [0.5, 0.6) is 0 Å². The predicted molar refractivity (Wildman–Crippen MR) is 58.3 cm³/mol. The molecule has 0 spiro atoms. The largest absolute Gasteiger partial charge is 0.542 e. The van der Waals surface area contributed by atoms with Gasteiger partial charge < -0.3 is 14.3 Å².